The van der Waals surface area contributed by atoms with Crippen molar-refractivity contribution < 1.29 is 23.9 Å². The molecule has 0 aliphatic carbocycles. The summed E-state index contributed by atoms with van der Waals surface area (Å²) in [6.07, 6.45) is 2.68. The Balaban J connectivity index is 1.64. The van der Waals surface area contributed by atoms with Gasteiger partial charge in [-0.2, -0.15) is 0 Å². The lowest BCUT2D eigenvalue weighted by Gasteiger charge is -2.25. The Kier molecular flexibility index (Phi) is 5.76. The number of hydrogen-bond donors (Lipinski definition) is 2. The third-order valence-electron chi connectivity index (χ3n) is 5.18. The number of fused-ring (bicyclic) bond motifs is 1. The third kappa shape index (κ3) is 3.76. The number of carbonyl (C=O) groups is 3. The normalized spacial score (nSPS) is 18.2. The van der Waals surface area contributed by atoms with E-state index in [0.717, 1.165) is 23.3 Å². The van der Waals surface area contributed by atoms with Crippen molar-refractivity contribution >= 4 is 17.8 Å². The van der Waals surface area contributed by atoms with Gasteiger partial charge in [-0.3, -0.25) is 14.5 Å². The fourth-order valence-electron chi connectivity index (χ4n) is 3.83. The minimum Gasteiger partial charge on any atom is -0.454 e. The number of rotatable bonds is 8. The summed E-state index contributed by atoms with van der Waals surface area (Å²) in [4.78, 5) is 38.7. The number of benzene rings is 1. The molecule has 2 N–H and O–H groups in total. The van der Waals surface area contributed by atoms with E-state index in [-0.39, 0.29) is 25.3 Å². The summed E-state index contributed by atoms with van der Waals surface area (Å²) in [5.74, 6) is 0.603. The average Bonchev–Trinajstić information content (AvgIpc) is 3.20. The molecule has 1 aromatic rings. The summed E-state index contributed by atoms with van der Waals surface area (Å²) in [7, 11) is 0. The second kappa shape index (κ2) is 8.08. The molecule has 1 atom stereocenters. The summed E-state index contributed by atoms with van der Waals surface area (Å²) >= 11 is 0. The topological polar surface area (TPSA) is 97.0 Å². The molecule has 8 heteroatoms. The fourth-order valence-corrected chi connectivity index (χ4v) is 3.83. The monoisotopic (exact) mass is 389 g/mol. The van der Waals surface area contributed by atoms with Crippen LogP contribution in [-0.4, -0.2) is 41.6 Å². The van der Waals surface area contributed by atoms with E-state index in [1.165, 1.54) is 0 Å². The van der Waals surface area contributed by atoms with Crippen molar-refractivity contribution in [3.8, 4) is 11.5 Å². The van der Waals surface area contributed by atoms with Crippen LogP contribution in [0.5, 0.6) is 11.5 Å². The molecule has 0 spiro atoms. The van der Waals surface area contributed by atoms with Gasteiger partial charge in [0.15, 0.2) is 11.5 Å². The maximum absolute atomic E-state index is 12.9. The van der Waals surface area contributed by atoms with Crippen LogP contribution in [0, 0.1) is 0 Å². The van der Waals surface area contributed by atoms with E-state index in [4.69, 9.17) is 9.47 Å². The van der Waals surface area contributed by atoms with Gasteiger partial charge >= 0.3 is 6.03 Å². The number of amides is 4. The molecule has 2 aliphatic heterocycles. The van der Waals surface area contributed by atoms with Crippen LogP contribution >= 0.6 is 0 Å². The van der Waals surface area contributed by atoms with Crippen LogP contribution in [0.3, 0.4) is 0 Å². The second-order valence-corrected chi connectivity index (χ2v) is 7.31. The molecule has 2 heterocycles. The van der Waals surface area contributed by atoms with E-state index in [9.17, 15) is 14.4 Å². The smallest absolute Gasteiger partial charge is 0.325 e. The van der Waals surface area contributed by atoms with E-state index in [0.29, 0.717) is 24.3 Å². The summed E-state index contributed by atoms with van der Waals surface area (Å²) in [5, 5.41) is 5.65. The van der Waals surface area contributed by atoms with Crippen LogP contribution in [0.1, 0.15) is 58.1 Å². The minimum atomic E-state index is -0.885. The van der Waals surface area contributed by atoms with Crippen LogP contribution in [-0.2, 0) is 9.59 Å². The van der Waals surface area contributed by atoms with Crippen molar-refractivity contribution in [2.45, 2.75) is 58.0 Å². The molecule has 152 valence electrons. The van der Waals surface area contributed by atoms with Gasteiger partial charge in [-0.05, 0) is 37.5 Å². The zero-order chi connectivity index (χ0) is 20.3. The van der Waals surface area contributed by atoms with E-state index in [2.05, 4.69) is 10.6 Å². The van der Waals surface area contributed by atoms with Crippen molar-refractivity contribution in [1.82, 2.24) is 15.5 Å². The summed E-state index contributed by atoms with van der Waals surface area (Å²) in [6, 6.07) is 4.65. The quantitative estimate of drug-likeness (QED) is 0.666. The molecular formula is C20H27N3O5. The van der Waals surface area contributed by atoms with Crippen LogP contribution in [0.25, 0.3) is 0 Å². The predicted molar refractivity (Wildman–Crippen MR) is 102 cm³/mol. The molecular weight excluding hydrogens is 362 g/mol. The largest absolute Gasteiger partial charge is 0.454 e. The van der Waals surface area contributed by atoms with Crippen molar-refractivity contribution in [3.63, 3.8) is 0 Å². The molecule has 0 radical (unpaired) electrons. The maximum atomic E-state index is 12.9. The highest BCUT2D eigenvalue weighted by Gasteiger charge is 2.50. The fraction of sp³-hybridized carbons (Fsp3) is 0.550. The van der Waals surface area contributed by atoms with Gasteiger partial charge < -0.3 is 20.1 Å². The van der Waals surface area contributed by atoms with Crippen molar-refractivity contribution in [1.29, 1.82) is 0 Å². The van der Waals surface area contributed by atoms with Gasteiger partial charge in [0, 0.05) is 0 Å². The molecule has 4 amide bonds. The van der Waals surface area contributed by atoms with E-state index in [1.807, 2.05) is 32.9 Å². The van der Waals surface area contributed by atoms with Gasteiger partial charge in [0.25, 0.3) is 5.91 Å². The molecule has 1 saturated heterocycles. The predicted octanol–water partition coefficient (Wildman–Crippen LogP) is 2.48. The number of nitrogens with one attached hydrogen (secondary N) is 2. The molecule has 28 heavy (non-hydrogen) atoms. The Bertz CT molecular complexity index is 773. The Morgan fingerprint density at radius 3 is 2.57 bits per heavy atom. The molecule has 0 aromatic heterocycles. The van der Waals surface area contributed by atoms with Gasteiger partial charge in [-0.25, -0.2) is 4.79 Å². The summed E-state index contributed by atoms with van der Waals surface area (Å²) < 4.78 is 10.6. The summed E-state index contributed by atoms with van der Waals surface area (Å²) in [5.41, 5.74) is -0.0369. The molecule has 3 rings (SSSR count). The first-order chi connectivity index (χ1) is 13.4. The zero-order valence-electron chi connectivity index (χ0n) is 16.5. The number of ether oxygens (including phenoxy) is 2. The zero-order valence-corrected chi connectivity index (χ0v) is 16.5. The highest BCUT2D eigenvalue weighted by atomic mass is 16.7. The molecule has 2 aliphatic rings. The Hall–Kier alpha value is -2.77. The highest BCUT2D eigenvalue weighted by molar-refractivity contribution is 6.09. The second-order valence-electron chi connectivity index (χ2n) is 7.31. The molecule has 1 fully saturated rings. The molecule has 0 saturated carbocycles. The van der Waals surface area contributed by atoms with Gasteiger partial charge in [0.1, 0.15) is 12.1 Å². The van der Waals surface area contributed by atoms with Crippen LogP contribution in [0.4, 0.5) is 4.79 Å². The van der Waals surface area contributed by atoms with Gasteiger partial charge in [0.05, 0.1) is 6.04 Å². The first-order valence-electron chi connectivity index (χ1n) is 9.73. The first-order valence-corrected chi connectivity index (χ1v) is 9.73. The van der Waals surface area contributed by atoms with Gasteiger partial charge in [-0.1, -0.05) is 32.8 Å². The number of urea groups is 1. The van der Waals surface area contributed by atoms with E-state index in [1.54, 1.807) is 6.07 Å². The van der Waals surface area contributed by atoms with E-state index >= 15 is 0 Å². The average molecular weight is 389 g/mol. The van der Waals surface area contributed by atoms with E-state index < -0.39 is 17.5 Å². The summed E-state index contributed by atoms with van der Waals surface area (Å²) in [6.45, 7) is 5.66. The van der Waals surface area contributed by atoms with Crippen molar-refractivity contribution in [2.24, 2.45) is 0 Å². The third-order valence-corrected chi connectivity index (χ3v) is 5.18. The Morgan fingerprint density at radius 2 is 1.89 bits per heavy atom. The van der Waals surface area contributed by atoms with Crippen LogP contribution in [0.2, 0.25) is 0 Å². The lowest BCUT2D eigenvalue weighted by molar-refractivity contribution is -0.135. The van der Waals surface area contributed by atoms with Crippen LogP contribution in [0.15, 0.2) is 18.2 Å². The minimum absolute atomic E-state index is 0.184. The number of carbonyl (C=O) groups excluding carboxylic acids is 3. The standard InChI is InChI=1S/C20H27N3O5/c1-4-8-20(9-5-2)18(25)23(19(26)22-20)11-17(24)21-13(3)14-6-7-15-16(10-14)28-12-27-15/h6-7,10,13H,4-5,8-9,11-12H2,1-3H3,(H,21,24)(H,22,26)/t13-/m1/s1. The molecule has 0 unspecified atom stereocenters. The lowest BCUT2D eigenvalue weighted by Crippen LogP contribution is -2.47. The Morgan fingerprint density at radius 1 is 1.21 bits per heavy atom. The molecule has 0 bridgehead atoms. The first kappa shape index (κ1) is 20.0. The maximum Gasteiger partial charge on any atom is 0.325 e. The highest BCUT2D eigenvalue weighted by Crippen LogP contribution is 2.34. The lowest BCUT2D eigenvalue weighted by atomic mass is 9.88. The SMILES string of the molecule is CCCC1(CCC)NC(=O)N(CC(=O)N[C@H](C)c2ccc3c(c2)OCO3)C1=O. The van der Waals surface area contributed by atoms with Gasteiger partial charge in [0.2, 0.25) is 12.7 Å². The Labute approximate surface area is 164 Å². The number of nitrogens with zero attached hydrogens (tertiary/aromatic N) is 1. The number of hydrogen-bond acceptors (Lipinski definition) is 5. The number of imide groups is 1. The van der Waals surface area contributed by atoms with Crippen LogP contribution < -0.4 is 20.1 Å². The molecule has 8 nitrogen and oxygen atoms in total. The van der Waals surface area contributed by atoms with Gasteiger partial charge in [-0.15, -0.1) is 0 Å². The van der Waals surface area contributed by atoms with Crippen molar-refractivity contribution in [2.75, 3.05) is 13.3 Å². The molecule has 1 aromatic carbocycles. The van der Waals surface area contributed by atoms with Crippen molar-refractivity contribution in [3.05, 3.63) is 23.8 Å².